The summed E-state index contributed by atoms with van der Waals surface area (Å²) >= 11 is 0. The van der Waals surface area contributed by atoms with Crippen molar-refractivity contribution in [2.75, 3.05) is 19.6 Å². The second-order valence-electron chi connectivity index (χ2n) is 5.46. The Labute approximate surface area is 120 Å². The van der Waals surface area contributed by atoms with Crippen LogP contribution in [0.4, 0.5) is 5.69 Å². The molecule has 1 aliphatic heterocycles. The summed E-state index contributed by atoms with van der Waals surface area (Å²) in [5.41, 5.74) is 0.953. The van der Waals surface area contributed by atoms with Gasteiger partial charge in [0.15, 0.2) is 0 Å². The van der Waals surface area contributed by atoms with Gasteiger partial charge in [-0.1, -0.05) is 24.6 Å². The van der Waals surface area contributed by atoms with E-state index in [1.807, 2.05) is 12.1 Å². The highest BCUT2D eigenvalue weighted by Gasteiger charge is 2.17. The number of nitrogens with zero attached hydrogens (tertiary/aromatic N) is 2. The smallest absolute Gasteiger partial charge is 0.273 e. The van der Waals surface area contributed by atoms with Crippen molar-refractivity contribution in [3.63, 3.8) is 0 Å². The molecule has 1 fully saturated rings. The summed E-state index contributed by atoms with van der Waals surface area (Å²) in [5.74, 6) is 0. The molecule has 1 aromatic carbocycles. The van der Waals surface area contributed by atoms with Crippen molar-refractivity contribution < 1.29 is 4.92 Å². The standard InChI is InChI=1S/C15H23N3O2/c1-13(17-9-5-2-6-10-17)11-16-12-14-7-3-4-8-15(14)18(19)20/h3-4,7-8,13,16H,2,5-6,9-12H2,1H3. The SMILES string of the molecule is CC(CNCc1ccccc1[N+](=O)[O-])N1CCCCC1. The quantitative estimate of drug-likeness (QED) is 0.641. The Bertz CT molecular complexity index is 444. The van der Waals surface area contributed by atoms with Gasteiger partial charge in [-0.2, -0.15) is 0 Å². The van der Waals surface area contributed by atoms with Gasteiger partial charge in [0.1, 0.15) is 0 Å². The lowest BCUT2D eigenvalue weighted by molar-refractivity contribution is -0.385. The van der Waals surface area contributed by atoms with E-state index in [-0.39, 0.29) is 10.6 Å². The molecule has 0 amide bonds. The van der Waals surface area contributed by atoms with Crippen LogP contribution in [0.1, 0.15) is 31.7 Å². The van der Waals surface area contributed by atoms with E-state index in [0.717, 1.165) is 12.1 Å². The van der Waals surface area contributed by atoms with Crippen molar-refractivity contribution in [3.05, 3.63) is 39.9 Å². The van der Waals surface area contributed by atoms with Gasteiger partial charge >= 0.3 is 0 Å². The summed E-state index contributed by atoms with van der Waals surface area (Å²) < 4.78 is 0. The number of rotatable bonds is 6. The van der Waals surface area contributed by atoms with Crippen LogP contribution >= 0.6 is 0 Å². The molecular weight excluding hydrogens is 254 g/mol. The highest BCUT2D eigenvalue weighted by atomic mass is 16.6. The lowest BCUT2D eigenvalue weighted by Crippen LogP contribution is -2.42. The highest BCUT2D eigenvalue weighted by Crippen LogP contribution is 2.17. The molecule has 0 bridgehead atoms. The maximum absolute atomic E-state index is 10.9. The molecule has 1 aliphatic rings. The molecule has 110 valence electrons. The van der Waals surface area contributed by atoms with E-state index < -0.39 is 0 Å². The minimum absolute atomic E-state index is 0.200. The molecule has 0 radical (unpaired) electrons. The molecular formula is C15H23N3O2. The number of benzene rings is 1. The maximum atomic E-state index is 10.9. The summed E-state index contributed by atoms with van der Waals surface area (Å²) in [6.07, 6.45) is 3.91. The molecule has 1 unspecified atom stereocenters. The molecule has 1 N–H and O–H groups in total. The Morgan fingerprint density at radius 2 is 2.00 bits per heavy atom. The maximum Gasteiger partial charge on any atom is 0.273 e. The third kappa shape index (κ3) is 4.02. The molecule has 0 aliphatic carbocycles. The van der Waals surface area contributed by atoms with E-state index in [9.17, 15) is 10.1 Å². The first-order chi connectivity index (χ1) is 9.68. The van der Waals surface area contributed by atoms with Gasteiger partial charge in [0.05, 0.1) is 4.92 Å². The average Bonchev–Trinajstić information content (AvgIpc) is 2.48. The number of piperidine rings is 1. The van der Waals surface area contributed by atoms with Gasteiger partial charge in [0.25, 0.3) is 5.69 Å². The Kier molecular flexibility index (Phi) is 5.49. The molecule has 1 atom stereocenters. The van der Waals surface area contributed by atoms with Crippen LogP contribution in [0.3, 0.4) is 0 Å². The van der Waals surface area contributed by atoms with E-state index in [4.69, 9.17) is 0 Å². The van der Waals surface area contributed by atoms with Crippen molar-refractivity contribution in [3.8, 4) is 0 Å². The van der Waals surface area contributed by atoms with Crippen LogP contribution in [0.25, 0.3) is 0 Å². The van der Waals surface area contributed by atoms with Gasteiger partial charge in [-0.3, -0.25) is 15.0 Å². The third-order valence-electron chi connectivity index (χ3n) is 3.96. The van der Waals surface area contributed by atoms with Crippen molar-refractivity contribution in [2.24, 2.45) is 0 Å². The van der Waals surface area contributed by atoms with Crippen LogP contribution in [0.5, 0.6) is 0 Å². The van der Waals surface area contributed by atoms with E-state index in [1.165, 1.54) is 32.4 Å². The zero-order chi connectivity index (χ0) is 14.4. The van der Waals surface area contributed by atoms with Gasteiger partial charge in [-0.15, -0.1) is 0 Å². The minimum Gasteiger partial charge on any atom is -0.311 e. The van der Waals surface area contributed by atoms with E-state index >= 15 is 0 Å². The van der Waals surface area contributed by atoms with Crippen LogP contribution in [0, 0.1) is 10.1 Å². The number of hydrogen-bond donors (Lipinski definition) is 1. The molecule has 0 spiro atoms. The predicted molar refractivity (Wildman–Crippen MR) is 79.7 cm³/mol. The number of nitro groups is 1. The number of para-hydroxylation sites is 1. The zero-order valence-electron chi connectivity index (χ0n) is 12.0. The fourth-order valence-electron chi connectivity index (χ4n) is 2.74. The van der Waals surface area contributed by atoms with Crippen molar-refractivity contribution in [1.82, 2.24) is 10.2 Å². The summed E-state index contributed by atoms with van der Waals surface area (Å²) in [7, 11) is 0. The first-order valence-corrected chi connectivity index (χ1v) is 7.35. The van der Waals surface area contributed by atoms with Gasteiger partial charge in [0, 0.05) is 30.8 Å². The van der Waals surface area contributed by atoms with Crippen molar-refractivity contribution in [2.45, 2.75) is 38.8 Å². The fraction of sp³-hybridized carbons (Fsp3) is 0.600. The summed E-state index contributed by atoms with van der Waals surface area (Å²) in [4.78, 5) is 13.1. The van der Waals surface area contributed by atoms with Crippen LogP contribution in [-0.2, 0) is 6.54 Å². The third-order valence-corrected chi connectivity index (χ3v) is 3.96. The van der Waals surface area contributed by atoms with Crippen LogP contribution in [-0.4, -0.2) is 35.5 Å². The summed E-state index contributed by atoms with van der Waals surface area (Å²) in [6.45, 7) is 5.99. The van der Waals surface area contributed by atoms with E-state index in [1.54, 1.807) is 12.1 Å². The monoisotopic (exact) mass is 277 g/mol. The van der Waals surface area contributed by atoms with Crippen molar-refractivity contribution in [1.29, 1.82) is 0 Å². The normalized spacial score (nSPS) is 17.9. The largest absolute Gasteiger partial charge is 0.311 e. The minimum atomic E-state index is -0.314. The van der Waals surface area contributed by atoms with E-state index in [0.29, 0.717) is 12.6 Å². The molecule has 1 heterocycles. The second kappa shape index (κ2) is 7.36. The van der Waals surface area contributed by atoms with Crippen molar-refractivity contribution >= 4 is 5.69 Å². The second-order valence-corrected chi connectivity index (χ2v) is 5.46. The molecule has 20 heavy (non-hydrogen) atoms. The van der Waals surface area contributed by atoms with Crippen LogP contribution < -0.4 is 5.32 Å². The first kappa shape index (κ1) is 14.9. The Morgan fingerprint density at radius 1 is 1.30 bits per heavy atom. The number of hydrogen-bond acceptors (Lipinski definition) is 4. The first-order valence-electron chi connectivity index (χ1n) is 7.35. The number of likely N-dealkylation sites (tertiary alicyclic amines) is 1. The molecule has 5 heteroatoms. The molecule has 2 rings (SSSR count). The van der Waals surface area contributed by atoms with Gasteiger partial charge in [-0.05, 0) is 32.9 Å². The summed E-state index contributed by atoms with van der Waals surface area (Å²) in [5, 5.41) is 14.3. The summed E-state index contributed by atoms with van der Waals surface area (Å²) in [6, 6.07) is 7.41. The van der Waals surface area contributed by atoms with Crippen LogP contribution in [0.15, 0.2) is 24.3 Å². The lowest BCUT2D eigenvalue weighted by atomic mass is 10.1. The van der Waals surface area contributed by atoms with Gasteiger partial charge in [-0.25, -0.2) is 0 Å². The zero-order valence-corrected chi connectivity index (χ0v) is 12.0. The fourth-order valence-corrected chi connectivity index (χ4v) is 2.74. The molecule has 1 saturated heterocycles. The molecule has 0 saturated carbocycles. The Hall–Kier alpha value is -1.46. The average molecular weight is 277 g/mol. The topological polar surface area (TPSA) is 58.4 Å². The Balaban J connectivity index is 1.82. The van der Waals surface area contributed by atoms with E-state index in [2.05, 4.69) is 17.1 Å². The molecule has 0 aromatic heterocycles. The lowest BCUT2D eigenvalue weighted by Gasteiger charge is -2.32. The Morgan fingerprint density at radius 3 is 2.70 bits per heavy atom. The van der Waals surface area contributed by atoms with Crippen LogP contribution in [0.2, 0.25) is 0 Å². The molecule has 1 aromatic rings. The molecule has 5 nitrogen and oxygen atoms in total. The number of nitrogens with one attached hydrogen (secondary N) is 1. The number of nitro benzene ring substituents is 1. The predicted octanol–water partition coefficient (Wildman–Crippen LogP) is 2.56. The highest BCUT2D eigenvalue weighted by molar-refractivity contribution is 5.39. The van der Waals surface area contributed by atoms with Gasteiger partial charge in [0.2, 0.25) is 0 Å². The van der Waals surface area contributed by atoms with Gasteiger partial charge < -0.3 is 5.32 Å².